The largest absolute Gasteiger partial charge is 0.452 e. The molecular formula is C26H30N4O6. The SMILES string of the molecule is COCCN(C(=O)COC(=O)c1c(C)cc(C)cc1C)c1c(N)n(Cc2ccccc2)c(=O)[nH]c1=O. The first-order valence-electron chi connectivity index (χ1n) is 11.3. The van der Waals surface area contributed by atoms with Gasteiger partial charge >= 0.3 is 11.7 Å². The second kappa shape index (κ2) is 11.5. The minimum absolute atomic E-state index is 0.0493. The predicted octanol–water partition coefficient (Wildman–Crippen LogP) is 1.93. The molecule has 2 aromatic carbocycles. The van der Waals surface area contributed by atoms with E-state index < -0.39 is 29.7 Å². The molecule has 0 aliphatic rings. The Morgan fingerprint density at radius 1 is 1.06 bits per heavy atom. The van der Waals surface area contributed by atoms with Crippen molar-refractivity contribution in [1.82, 2.24) is 9.55 Å². The summed E-state index contributed by atoms with van der Waals surface area (Å²) in [5.74, 6) is -1.53. The number of esters is 1. The van der Waals surface area contributed by atoms with E-state index in [4.69, 9.17) is 15.2 Å². The number of amides is 1. The van der Waals surface area contributed by atoms with Gasteiger partial charge in [0.05, 0.1) is 18.7 Å². The molecular weight excluding hydrogens is 464 g/mol. The zero-order chi connectivity index (χ0) is 26.4. The van der Waals surface area contributed by atoms with Crippen LogP contribution in [0.3, 0.4) is 0 Å². The Hall–Kier alpha value is -4.18. The molecule has 36 heavy (non-hydrogen) atoms. The molecule has 10 nitrogen and oxygen atoms in total. The van der Waals surface area contributed by atoms with Gasteiger partial charge in [-0.15, -0.1) is 0 Å². The van der Waals surface area contributed by atoms with Crippen LogP contribution in [0.1, 0.15) is 32.6 Å². The van der Waals surface area contributed by atoms with Gasteiger partial charge < -0.3 is 15.2 Å². The van der Waals surface area contributed by atoms with Crippen molar-refractivity contribution >= 4 is 23.4 Å². The highest BCUT2D eigenvalue weighted by molar-refractivity contribution is 5.99. The van der Waals surface area contributed by atoms with Crippen LogP contribution in [0.4, 0.5) is 11.5 Å². The van der Waals surface area contributed by atoms with Crippen molar-refractivity contribution in [2.24, 2.45) is 0 Å². The highest BCUT2D eigenvalue weighted by Gasteiger charge is 2.26. The van der Waals surface area contributed by atoms with Crippen molar-refractivity contribution in [2.75, 3.05) is 37.5 Å². The lowest BCUT2D eigenvalue weighted by Gasteiger charge is -2.24. The van der Waals surface area contributed by atoms with Crippen LogP contribution < -0.4 is 21.9 Å². The Balaban J connectivity index is 1.91. The maximum Gasteiger partial charge on any atom is 0.339 e. The zero-order valence-electron chi connectivity index (χ0n) is 20.8. The van der Waals surface area contributed by atoms with Crippen LogP contribution in [-0.2, 0) is 20.8 Å². The number of aromatic nitrogens is 2. The Bertz CT molecular complexity index is 1350. The van der Waals surface area contributed by atoms with Crippen molar-refractivity contribution in [2.45, 2.75) is 27.3 Å². The lowest BCUT2D eigenvalue weighted by atomic mass is 10.00. The lowest BCUT2D eigenvalue weighted by Crippen LogP contribution is -2.44. The summed E-state index contributed by atoms with van der Waals surface area (Å²) in [6.07, 6.45) is 0. The number of nitrogen functional groups attached to an aromatic ring is 1. The summed E-state index contributed by atoms with van der Waals surface area (Å²) in [7, 11) is 1.44. The van der Waals surface area contributed by atoms with E-state index in [-0.39, 0.29) is 31.2 Å². The smallest absolute Gasteiger partial charge is 0.339 e. The molecule has 0 atom stereocenters. The minimum atomic E-state index is -0.831. The maximum atomic E-state index is 13.2. The van der Waals surface area contributed by atoms with Crippen molar-refractivity contribution in [1.29, 1.82) is 0 Å². The third kappa shape index (κ3) is 5.89. The van der Waals surface area contributed by atoms with Gasteiger partial charge in [0.25, 0.3) is 11.5 Å². The minimum Gasteiger partial charge on any atom is -0.452 e. The second-order valence-electron chi connectivity index (χ2n) is 8.45. The van der Waals surface area contributed by atoms with E-state index in [1.165, 1.54) is 11.7 Å². The summed E-state index contributed by atoms with van der Waals surface area (Å²) in [6.45, 7) is 4.98. The Labute approximate surface area is 208 Å². The summed E-state index contributed by atoms with van der Waals surface area (Å²) < 4.78 is 11.6. The molecule has 0 saturated heterocycles. The predicted molar refractivity (Wildman–Crippen MR) is 136 cm³/mol. The second-order valence-corrected chi connectivity index (χ2v) is 8.45. The number of benzene rings is 2. The molecule has 3 aromatic rings. The number of hydrogen-bond donors (Lipinski definition) is 2. The fourth-order valence-corrected chi connectivity index (χ4v) is 4.08. The van der Waals surface area contributed by atoms with E-state index in [1.54, 1.807) is 26.0 Å². The molecule has 0 aliphatic heterocycles. The first kappa shape index (κ1) is 26.4. The highest BCUT2D eigenvalue weighted by atomic mass is 16.5. The quantitative estimate of drug-likeness (QED) is 0.434. The molecule has 3 N–H and O–H groups in total. The van der Waals surface area contributed by atoms with E-state index in [2.05, 4.69) is 4.98 Å². The molecule has 1 heterocycles. The number of ether oxygens (including phenoxy) is 2. The van der Waals surface area contributed by atoms with E-state index in [0.29, 0.717) is 5.56 Å². The molecule has 0 spiro atoms. The molecule has 0 unspecified atom stereocenters. The molecule has 0 aliphatic carbocycles. The van der Waals surface area contributed by atoms with Crippen LogP contribution in [0.2, 0.25) is 0 Å². The molecule has 0 radical (unpaired) electrons. The molecule has 1 amide bonds. The molecule has 1 aromatic heterocycles. The van der Waals surface area contributed by atoms with E-state index in [0.717, 1.165) is 27.2 Å². The number of nitrogens with one attached hydrogen (secondary N) is 1. The van der Waals surface area contributed by atoms with E-state index in [1.807, 2.05) is 37.3 Å². The van der Waals surface area contributed by atoms with Crippen LogP contribution in [-0.4, -0.2) is 48.3 Å². The summed E-state index contributed by atoms with van der Waals surface area (Å²) in [6, 6.07) is 12.8. The van der Waals surface area contributed by atoms with Crippen LogP contribution in [0.5, 0.6) is 0 Å². The average Bonchev–Trinajstić information content (AvgIpc) is 2.82. The number of carbonyl (C=O) groups is 2. The van der Waals surface area contributed by atoms with Crippen molar-refractivity contribution in [3.8, 4) is 0 Å². The maximum absolute atomic E-state index is 13.2. The molecule has 190 valence electrons. The fourth-order valence-electron chi connectivity index (χ4n) is 4.08. The van der Waals surface area contributed by atoms with Crippen molar-refractivity contribution in [3.05, 3.63) is 91.1 Å². The lowest BCUT2D eigenvalue weighted by molar-refractivity contribution is -0.121. The molecule has 3 rings (SSSR count). The van der Waals surface area contributed by atoms with Gasteiger partial charge in [0, 0.05) is 13.7 Å². The number of aryl methyl sites for hydroxylation is 3. The Morgan fingerprint density at radius 3 is 2.31 bits per heavy atom. The third-order valence-electron chi connectivity index (χ3n) is 5.70. The first-order chi connectivity index (χ1) is 17.1. The molecule has 0 bridgehead atoms. The fraction of sp³-hybridized carbons (Fsp3) is 0.308. The Kier molecular flexibility index (Phi) is 8.44. The van der Waals surface area contributed by atoms with Crippen LogP contribution >= 0.6 is 0 Å². The van der Waals surface area contributed by atoms with Gasteiger partial charge in [-0.2, -0.15) is 0 Å². The molecule has 10 heteroatoms. The third-order valence-corrected chi connectivity index (χ3v) is 5.70. The van der Waals surface area contributed by atoms with Gasteiger partial charge in [0.1, 0.15) is 5.82 Å². The number of anilines is 2. The van der Waals surface area contributed by atoms with Gasteiger partial charge in [-0.1, -0.05) is 48.0 Å². The van der Waals surface area contributed by atoms with Gasteiger partial charge in [-0.05, 0) is 37.5 Å². The number of hydrogen-bond acceptors (Lipinski definition) is 7. The monoisotopic (exact) mass is 494 g/mol. The number of H-pyrrole nitrogens is 1. The highest BCUT2D eigenvalue weighted by Crippen LogP contribution is 2.20. The summed E-state index contributed by atoms with van der Waals surface area (Å²) in [5.41, 5.74) is 8.11. The molecule has 0 saturated carbocycles. The summed E-state index contributed by atoms with van der Waals surface area (Å²) in [4.78, 5) is 54.5. The summed E-state index contributed by atoms with van der Waals surface area (Å²) >= 11 is 0. The van der Waals surface area contributed by atoms with E-state index in [9.17, 15) is 19.2 Å². The standard InChI is InChI=1S/C26H30N4O6/c1-16-12-17(2)21(18(3)13-16)25(33)36-15-20(31)29(10-11-35-4)22-23(27)30(26(34)28-24(22)32)14-19-8-6-5-7-9-19/h5-9,12-13H,10-11,14-15,27H2,1-4H3,(H,28,32,34). The molecule has 0 fully saturated rings. The number of rotatable bonds is 9. The van der Waals surface area contributed by atoms with Gasteiger partial charge in [0.2, 0.25) is 0 Å². The average molecular weight is 495 g/mol. The van der Waals surface area contributed by atoms with Gasteiger partial charge in [0.15, 0.2) is 12.3 Å². The first-order valence-corrected chi connectivity index (χ1v) is 11.3. The van der Waals surface area contributed by atoms with Crippen molar-refractivity contribution < 1.29 is 19.1 Å². The topological polar surface area (TPSA) is 137 Å². The summed E-state index contributed by atoms with van der Waals surface area (Å²) in [5, 5.41) is 0. The van der Waals surface area contributed by atoms with Crippen molar-refractivity contribution in [3.63, 3.8) is 0 Å². The van der Waals surface area contributed by atoms with E-state index >= 15 is 0 Å². The normalized spacial score (nSPS) is 10.8. The Morgan fingerprint density at radius 2 is 1.69 bits per heavy atom. The van der Waals surface area contributed by atoms with Gasteiger partial charge in [-0.25, -0.2) is 9.59 Å². The number of carbonyl (C=O) groups excluding carboxylic acids is 2. The zero-order valence-corrected chi connectivity index (χ0v) is 20.8. The number of methoxy groups -OCH3 is 1. The van der Waals surface area contributed by atoms with Crippen LogP contribution in [0.15, 0.2) is 52.1 Å². The number of nitrogens with zero attached hydrogens (tertiary/aromatic N) is 2. The van der Waals surface area contributed by atoms with Crippen LogP contribution in [0.25, 0.3) is 0 Å². The number of aromatic amines is 1. The van der Waals surface area contributed by atoms with Crippen LogP contribution in [0, 0.1) is 20.8 Å². The number of nitrogens with two attached hydrogens (primary N) is 1. The van der Waals surface area contributed by atoms with Gasteiger partial charge in [-0.3, -0.25) is 24.0 Å².